The second-order valence-corrected chi connectivity index (χ2v) is 8.14. The molecule has 0 aromatic heterocycles. The smallest absolute Gasteiger partial charge is 0.407 e. The molecule has 1 aromatic rings. The molecule has 4 nitrogen and oxygen atoms in total. The summed E-state index contributed by atoms with van der Waals surface area (Å²) in [6.45, 7) is 11.1. The maximum absolute atomic E-state index is 11.7. The van der Waals surface area contributed by atoms with Crippen LogP contribution in [0.3, 0.4) is 0 Å². The number of amides is 1. The number of rotatable bonds is 5. The van der Waals surface area contributed by atoms with E-state index in [2.05, 4.69) is 48.7 Å². The van der Waals surface area contributed by atoms with E-state index in [1.165, 1.54) is 5.56 Å². The first-order chi connectivity index (χ1) is 10.7. The normalized spacial score (nSPS) is 21.4. The van der Waals surface area contributed by atoms with Gasteiger partial charge in [0, 0.05) is 24.0 Å². The van der Waals surface area contributed by atoms with Crippen molar-refractivity contribution in [2.45, 2.75) is 70.6 Å². The quantitative estimate of drug-likeness (QED) is 0.872. The van der Waals surface area contributed by atoms with Gasteiger partial charge in [0.25, 0.3) is 0 Å². The van der Waals surface area contributed by atoms with Crippen molar-refractivity contribution in [3.63, 3.8) is 0 Å². The standard InChI is InChI=1S/C19H30N2O2/c1-18(2,3)23-17(22)21-16-11-15(12-16)20-13-19(4,5)14-9-7-6-8-10-14/h6-10,15-16,20H,11-13H2,1-5H3,(H,21,22). The van der Waals surface area contributed by atoms with Gasteiger partial charge in [-0.05, 0) is 39.2 Å². The molecule has 1 amide bonds. The van der Waals surface area contributed by atoms with Crippen molar-refractivity contribution in [2.75, 3.05) is 6.54 Å². The number of carbonyl (C=O) groups is 1. The van der Waals surface area contributed by atoms with Crippen molar-refractivity contribution >= 4 is 6.09 Å². The van der Waals surface area contributed by atoms with Crippen LogP contribution in [0.15, 0.2) is 30.3 Å². The van der Waals surface area contributed by atoms with Gasteiger partial charge in [-0.25, -0.2) is 4.79 Å². The maximum atomic E-state index is 11.7. The molecule has 1 saturated carbocycles. The lowest BCUT2D eigenvalue weighted by Gasteiger charge is -2.39. The Kier molecular flexibility index (Phi) is 5.35. The predicted molar refractivity (Wildman–Crippen MR) is 93.7 cm³/mol. The van der Waals surface area contributed by atoms with Crippen LogP contribution in [0.25, 0.3) is 0 Å². The minimum absolute atomic E-state index is 0.102. The van der Waals surface area contributed by atoms with E-state index in [0.717, 1.165) is 19.4 Å². The monoisotopic (exact) mass is 318 g/mol. The minimum atomic E-state index is -0.439. The topological polar surface area (TPSA) is 50.4 Å². The van der Waals surface area contributed by atoms with Crippen molar-refractivity contribution < 1.29 is 9.53 Å². The Labute approximate surface area is 140 Å². The summed E-state index contributed by atoms with van der Waals surface area (Å²) in [6, 6.07) is 11.3. The molecule has 1 aliphatic rings. The molecule has 2 N–H and O–H groups in total. The predicted octanol–water partition coefficient (Wildman–Crippen LogP) is 3.61. The summed E-state index contributed by atoms with van der Waals surface area (Å²) in [5.74, 6) is 0. The molecule has 0 atom stereocenters. The molecular weight excluding hydrogens is 288 g/mol. The van der Waals surface area contributed by atoms with Crippen molar-refractivity contribution in [1.29, 1.82) is 0 Å². The van der Waals surface area contributed by atoms with Crippen LogP contribution in [0.2, 0.25) is 0 Å². The van der Waals surface area contributed by atoms with Crippen LogP contribution < -0.4 is 10.6 Å². The fourth-order valence-corrected chi connectivity index (χ4v) is 2.77. The molecule has 1 aromatic carbocycles. The molecule has 0 saturated heterocycles. The lowest BCUT2D eigenvalue weighted by atomic mass is 9.82. The zero-order valence-corrected chi connectivity index (χ0v) is 15.0. The number of carbonyl (C=O) groups excluding carboxylic acids is 1. The highest BCUT2D eigenvalue weighted by atomic mass is 16.6. The molecule has 1 fully saturated rings. The molecule has 4 heteroatoms. The van der Waals surface area contributed by atoms with E-state index >= 15 is 0 Å². The lowest BCUT2D eigenvalue weighted by molar-refractivity contribution is 0.0464. The Morgan fingerprint density at radius 2 is 1.70 bits per heavy atom. The second-order valence-electron chi connectivity index (χ2n) is 8.14. The zero-order chi connectivity index (χ0) is 17.1. The number of hydrogen-bond donors (Lipinski definition) is 2. The molecule has 0 unspecified atom stereocenters. The van der Waals surface area contributed by atoms with E-state index in [0.29, 0.717) is 6.04 Å². The average Bonchev–Trinajstić information content (AvgIpc) is 2.40. The Morgan fingerprint density at radius 3 is 2.26 bits per heavy atom. The van der Waals surface area contributed by atoms with Crippen LogP contribution in [0, 0.1) is 0 Å². The summed E-state index contributed by atoms with van der Waals surface area (Å²) >= 11 is 0. The van der Waals surface area contributed by atoms with Crippen LogP contribution in [0.5, 0.6) is 0 Å². The Bertz CT molecular complexity index is 514. The first kappa shape index (κ1) is 17.8. The summed E-state index contributed by atoms with van der Waals surface area (Å²) in [5, 5.41) is 6.55. The third-order valence-electron chi connectivity index (χ3n) is 4.25. The van der Waals surface area contributed by atoms with Gasteiger partial charge in [-0.3, -0.25) is 0 Å². The van der Waals surface area contributed by atoms with Gasteiger partial charge in [0.15, 0.2) is 0 Å². The van der Waals surface area contributed by atoms with Gasteiger partial charge in [0.05, 0.1) is 0 Å². The fourth-order valence-electron chi connectivity index (χ4n) is 2.77. The van der Waals surface area contributed by atoms with Crippen molar-refractivity contribution in [1.82, 2.24) is 10.6 Å². The Hall–Kier alpha value is -1.55. The Balaban J connectivity index is 1.69. The van der Waals surface area contributed by atoms with Gasteiger partial charge >= 0.3 is 6.09 Å². The zero-order valence-electron chi connectivity index (χ0n) is 15.0. The maximum Gasteiger partial charge on any atom is 0.407 e. The van der Waals surface area contributed by atoms with Crippen molar-refractivity contribution in [3.8, 4) is 0 Å². The molecular formula is C19H30N2O2. The summed E-state index contributed by atoms with van der Waals surface area (Å²) < 4.78 is 5.28. The SMILES string of the molecule is CC(C)(C)OC(=O)NC1CC(NCC(C)(C)c2ccccc2)C1. The van der Waals surface area contributed by atoms with Crippen molar-refractivity contribution in [2.24, 2.45) is 0 Å². The number of hydrogen-bond acceptors (Lipinski definition) is 3. The largest absolute Gasteiger partial charge is 0.444 e. The second kappa shape index (κ2) is 6.91. The third kappa shape index (κ3) is 5.54. The molecule has 0 heterocycles. The molecule has 0 bridgehead atoms. The van der Waals surface area contributed by atoms with E-state index in [9.17, 15) is 4.79 Å². The van der Waals surface area contributed by atoms with Gasteiger partial charge < -0.3 is 15.4 Å². The summed E-state index contributed by atoms with van der Waals surface area (Å²) in [7, 11) is 0. The first-order valence-electron chi connectivity index (χ1n) is 8.44. The first-order valence-corrected chi connectivity index (χ1v) is 8.44. The molecule has 0 spiro atoms. The summed E-state index contributed by atoms with van der Waals surface area (Å²) in [4.78, 5) is 11.7. The van der Waals surface area contributed by atoms with E-state index in [1.807, 2.05) is 26.8 Å². The van der Waals surface area contributed by atoms with E-state index in [1.54, 1.807) is 0 Å². The van der Waals surface area contributed by atoms with E-state index < -0.39 is 5.60 Å². The number of alkyl carbamates (subject to hydrolysis) is 1. The summed E-state index contributed by atoms with van der Waals surface area (Å²) in [6.07, 6.45) is 1.61. The highest BCUT2D eigenvalue weighted by Gasteiger charge is 2.32. The molecule has 2 rings (SSSR count). The van der Waals surface area contributed by atoms with Gasteiger partial charge in [-0.1, -0.05) is 44.2 Å². The molecule has 1 aliphatic carbocycles. The molecule has 23 heavy (non-hydrogen) atoms. The van der Waals surface area contributed by atoms with Crippen LogP contribution >= 0.6 is 0 Å². The minimum Gasteiger partial charge on any atom is -0.444 e. The molecule has 128 valence electrons. The highest BCUT2D eigenvalue weighted by Crippen LogP contribution is 2.25. The van der Waals surface area contributed by atoms with Gasteiger partial charge in [-0.15, -0.1) is 0 Å². The molecule has 0 radical (unpaired) electrons. The summed E-state index contributed by atoms with van der Waals surface area (Å²) in [5.41, 5.74) is 1.01. The highest BCUT2D eigenvalue weighted by molar-refractivity contribution is 5.68. The van der Waals surface area contributed by atoms with Gasteiger partial charge in [0.1, 0.15) is 5.60 Å². The fraction of sp³-hybridized carbons (Fsp3) is 0.632. The number of ether oxygens (including phenoxy) is 1. The van der Waals surface area contributed by atoms with Crippen LogP contribution in [-0.2, 0) is 10.2 Å². The lowest BCUT2D eigenvalue weighted by Crippen LogP contribution is -2.54. The van der Waals surface area contributed by atoms with E-state index in [4.69, 9.17) is 4.74 Å². The Morgan fingerprint density at radius 1 is 1.09 bits per heavy atom. The third-order valence-corrected chi connectivity index (χ3v) is 4.25. The molecule has 0 aliphatic heterocycles. The number of benzene rings is 1. The average molecular weight is 318 g/mol. The van der Waals surface area contributed by atoms with Crippen LogP contribution in [0.4, 0.5) is 4.79 Å². The van der Waals surface area contributed by atoms with Gasteiger partial charge in [-0.2, -0.15) is 0 Å². The van der Waals surface area contributed by atoms with Crippen molar-refractivity contribution in [3.05, 3.63) is 35.9 Å². The van der Waals surface area contributed by atoms with Crippen LogP contribution in [0.1, 0.15) is 53.0 Å². The van der Waals surface area contributed by atoms with Crippen LogP contribution in [-0.4, -0.2) is 30.3 Å². The van der Waals surface area contributed by atoms with Gasteiger partial charge in [0.2, 0.25) is 0 Å². The number of nitrogens with one attached hydrogen (secondary N) is 2. The van der Waals surface area contributed by atoms with E-state index in [-0.39, 0.29) is 17.6 Å².